The van der Waals surface area contributed by atoms with Gasteiger partial charge in [-0.25, -0.2) is 4.79 Å². The van der Waals surface area contributed by atoms with Crippen molar-refractivity contribution < 1.29 is 14.7 Å². The highest BCUT2D eigenvalue weighted by atomic mass is 35.5. The zero-order valence-corrected chi connectivity index (χ0v) is 16.1. The number of rotatable bonds is 4. The van der Waals surface area contributed by atoms with E-state index in [9.17, 15) is 9.59 Å². The minimum atomic E-state index is -0.901. The van der Waals surface area contributed by atoms with Gasteiger partial charge in [0, 0.05) is 18.1 Å². The van der Waals surface area contributed by atoms with E-state index in [1.54, 1.807) is 18.2 Å². The molecular weight excluding hydrogens is 387 g/mol. The van der Waals surface area contributed by atoms with Crippen LogP contribution in [0.15, 0.2) is 48.5 Å². The van der Waals surface area contributed by atoms with E-state index < -0.39 is 6.09 Å². The summed E-state index contributed by atoms with van der Waals surface area (Å²) in [6.07, 6.45) is 0.461. The summed E-state index contributed by atoms with van der Waals surface area (Å²) in [5, 5.41) is 13.0. The third-order valence-corrected chi connectivity index (χ3v) is 5.45. The largest absolute Gasteiger partial charge is 0.465 e. The highest BCUT2D eigenvalue weighted by molar-refractivity contribution is 6.36. The number of amides is 2. The van der Waals surface area contributed by atoms with E-state index >= 15 is 0 Å². The molecule has 2 aromatic carbocycles. The molecule has 27 heavy (non-hydrogen) atoms. The number of halogens is 2. The highest BCUT2D eigenvalue weighted by Gasteiger charge is 2.30. The number of benzene rings is 2. The van der Waals surface area contributed by atoms with Crippen molar-refractivity contribution in [3.8, 4) is 0 Å². The third kappa shape index (κ3) is 4.73. The van der Waals surface area contributed by atoms with Crippen molar-refractivity contribution in [3.63, 3.8) is 0 Å². The maximum atomic E-state index is 12.8. The summed E-state index contributed by atoms with van der Waals surface area (Å²) in [6.45, 7) is 0.918. The quantitative estimate of drug-likeness (QED) is 0.761. The molecule has 5 nitrogen and oxygen atoms in total. The van der Waals surface area contributed by atoms with Crippen molar-refractivity contribution in [1.82, 2.24) is 10.2 Å². The van der Waals surface area contributed by atoms with Gasteiger partial charge in [0.25, 0.3) is 5.91 Å². The van der Waals surface area contributed by atoms with Crippen LogP contribution in [-0.4, -0.2) is 35.1 Å². The molecule has 0 aliphatic carbocycles. The highest BCUT2D eigenvalue weighted by Crippen LogP contribution is 2.32. The topological polar surface area (TPSA) is 69.6 Å². The van der Waals surface area contributed by atoms with Gasteiger partial charge in [0.15, 0.2) is 0 Å². The maximum Gasteiger partial charge on any atom is 0.407 e. The van der Waals surface area contributed by atoms with Crippen molar-refractivity contribution in [3.05, 3.63) is 69.7 Å². The zero-order chi connectivity index (χ0) is 19.4. The molecule has 1 fully saturated rings. The van der Waals surface area contributed by atoms with E-state index in [1.165, 1.54) is 4.90 Å². The summed E-state index contributed by atoms with van der Waals surface area (Å²) >= 11 is 12.1. The Hall–Kier alpha value is -2.24. The lowest BCUT2D eigenvalue weighted by Crippen LogP contribution is -2.42. The first kappa shape index (κ1) is 19.5. The number of carbonyl (C=O) groups excluding carboxylic acids is 1. The average molecular weight is 407 g/mol. The van der Waals surface area contributed by atoms with Gasteiger partial charge >= 0.3 is 6.09 Å². The van der Waals surface area contributed by atoms with Gasteiger partial charge in [0.1, 0.15) is 0 Å². The SMILES string of the molecule is O=C(NC(c1ccccc1)C1CCN(C(=O)O)CC1)c1ccc(Cl)cc1Cl. The van der Waals surface area contributed by atoms with Crippen LogP contribution in [-0.2, 0) is 0 Å². The van der Waals surface area contributed by atoms with Crippen molar-refractivity contribution in [2.45, 2.75) is 18.9 Å². The molecule has 0 saturated carbocycles. The van der Waals surface area contributed by atoms with E-state index in [0.717, 1.165) is 5.56 Å². The smallest absolute Gasteiger partial charge is 0.407 e. The van der Waals surface area contributed by atoms with Gasteiger partial charge in [-0.15, -0.1) is 0 Å². The van der Waals surface area contributed by atoms with Crippen LogP contribution < -0.4 is 5.32 Å². The molecule has 0 aromatic heterocycles. The van der Waals surface area contributed by atoms with E-state index in [2.05, 4.69) is 5.32 Å². The number of likely N-dealkylation sites (tertiary alicyclic amines) is 1. The van der Waals surface area contributed by atoms with E-state index in [4.69, 9.17) is 28.3 Å². The van der Waals surface area contributed by atoms with Crippen molar-refractivity contribution in [2.75, 3.05) is 13.1 Å². The number of carbonyl (C=O) groups is 2. The fourth-order valence-electron chi connectivity index (χ4n) is 3.45. The van der Waals surface area contributed by atoms with Gasteiger partial charge in [-0.05, 0) is 42.5 Å². The Morgan fingerprint density at radius 1 is 1.07 bits per heavy atom. The fraction of sp³-hybridized carbons (Fsp3) is 0.300. The van der Waals surface area contributed by atoms with Crippen LogP contribution in [0.3, 0.4) is 0 Å². The first-order chi connectivity index (χ1) is 13.0. The van der Waals surface area contributed by atoms with Crippen LogP contribution in [0.4, 0.5) is 4.79 Å². The normalized spacial score (nSPS) is 16.0. The van der Waals surface area contributed by atoms with E-state index in [1.807, 2.05) is 30.3 Å². The Kier molecular flexibility index (Phi) is 6.24. The Morgan fingerprint density at radius 2 is 1.74 bits per heavy atom. The minimum Gasteiger partial charge on any atom is -0.465 e. The van der Waals surface area contributed by atoms with Crippen LogP contribution >= 0.6 is 23.2 Å². The van der Waals surface area contributed by atoms with Gasteiger partial charge in [-0.2, -0.15) is 0 Å². The van der Waals surface area contributed by atoms with Crippen molar-refractivity contribution >= 4 is 35.2 Å². The zero-order valence-electron chi connectivity index (χ0n) is 14.6. The second-order valence-electron chi connectivity index (χ2n) is 6.59. The van der Waals surface area contributed by atoms with Gasteiger partial charge < -0.3 is 15.3 Å². The number of piperidine rings is 1. The Labute approximate surface area is 167 Å². The summed E-state index contributed by atoms with van der Waals surface area (Å²) in [5.41, 5.74) is 1.36. The van der Waals surface area contributed by atoms with Gasteiger partial charge in [0.05, 0.1) is 16.6 Å². The maximum absolute atomic E-state index is 12.8. The number of nitrogens with zero attached hydrogens (tertiary/aromatic N) is 1. The third-order valence-electron chi connectivity index (χ3n) is 4.90. The predicted octanol–water partition coefficient (Wildman–Crippen LogP) is 4.85. The number of hydrogen-bond acceptors (Lipinski definition) is 2. The molecule has 1 aliphatic rings. The number of carboxylic acid groups (broad SMARTS) is 1. The summed E-state index contributed by atoms with van der Waals surface area (Å²) < 4.78 is 0. The molecule has 1 unspecified atom stereocenters. The Morgan fingerprint density at radius 3 is 2.33 bits per heavy atom. The molecule has 3 rings (SSSR count). The van der Waals surface area contributed by atoms with Gasteiger partial charge in [-0.1, -0.05) is 53.5 Å². The van der Waals surface area contributed by atoms with Crippen LogP contribution in [0.1, 0.15) is 34.8 Å². The number of nitrogens with one attached hydrogen (secondary N) is 1. The van der Waals surface area contributed by atoms with Crippen LogP contribution in [0.5, 0.6) is 0 Å². The van der Waals surface area contributed by atoms with Crippen molar-refractivity contribution in [2.24, 2.45) is 5.92 Å². The van der Waals surface area contributed by atoms with Crippen molar-refractivity contribution in [1.29, 1.82) is 0 Å². The molecule has 0 radical (unpaired) electrons. The summed E-state index contributed by atoms with van der Waals surface area (Å²) in [7, 11) is 0. The summed E-state index contributed by atoms with van der Waals surface area (Å²) in [6, 6.07) is 14.3. The Balaban J connectivity index is 1.81. The van der Waals surface area contributed by atoms with Gasteiger partial charge in [0.2, 0.25) is 0 Å². The number of hydrogen-bond donors (Lipinski definition) is 2. The first-order valence-corrected chi connectivity index (χ1v) is 9.50. The molecule has 1 atom stereocenters. The molecule has 7 heteroatoms. The molecule has 2 amide bonds. The molecular formula is C20H20Cl2N2O3. The van der Waals surface area contributed by atoms with Crippen LogP contribution in [0.25, 0.3) is 0 Å². The van der Waals surface area contributed by atoms with Crippen LogP contribution in [0, 0.1) is 5.92 Å². The second-order valence-corrected chi connectivity index (χ2v) is 7.44. The molecule has 0 spiro atoms. The van der Waals surface area contributed by atoms with E-state index in [-0.39, 0.29) is 17.9 Å². The summed E-state index contributed by atoms with van der Waals surface area (Å²) in [4.78, 5) is 25.4. The molecule has 0 bridgehead atoms. The second kappa shape index (κ2) is 8.63. The lowest BCUT2D eigenvalue weighted by molar-refractivity contribution is 0.0880. The monoisotopic (exact) mass is 406 g/mol. The van der Waals surface area contributed by atoms with Crippen LogP contribution in [0.2, 0.25) is 10.0 Å². The fourth-order valence-corrected chi connectivity index (χ4v) is 3.94. The minimum absolute atomic E-state index is 0.137. The van der Waals surface area contributed by atoms with Gasteiger partial charge in [-0.3, -0.25) is 4.79 Å². The molecule has 2 N–H and O–H groups in total. The van der Waals surface area contributed by atoms with E-state index in [0.29, 0.717) is 41.5 Å². The first-order valence-electron chi connectivity index (χ1n) is 8.74. The predicted molar refractivity (Wildman–Crippen MR) is 105 cm³/mol. The molecule has 1 saturated heterocycles. The summed E-state index contributed by atoms with van der Waals surface area (Å²) in [5.74, 6) is -0.135. The molecule has 1 heterocycles. The standard InChI is InChI=1S/C20H20Cl2N2O3/c21-15-6-7-16(17(22)12-15)19(25)23-18(13-4-2-1-3-5-13)14-8-10-24(11-9-14)20(26)27/h1-7,12,14,18H,8-11H2,(H,23,25)(H,26,27). The average Bonchev–Trinajstić information content (AvgIpc) is 2.66. The molecule has 142 valence electrons. The molecule has 2 aromatic rings. The molecule has 1 aliphatic heterocycles. The Bertz CT molecular complexity index is 821. The lowest BCUT2D eigenvalue weighted by Gasteiger charge is -2.35. The lowest BCUT2D eigenvalue weighted by atomic mass is 9.85.